The first-order valence-corrected chi connectivity index (χ1v) is 10.2. The van der Waals surface area contributed by atoms with Crippen molar-refractivity contribution in [3.8, 4) is 22.6 Å². The summed E-state index contributed by atoms with van der Waals surface area (Å²) in [7, 11) is 0. The molecule has 0 atom stereocenters. The number of benzene rings is 2. The van der Waals surface area contributed by atoms with Crippen LogP contribution in [0.4, 0.5) is 5.69 Å². The highest BCUT2D eigenvalue weighted by atomic mass is 16.1. The Hall–Kier alpha value is -4.39. The van der Waals surface area contributed by atoms with Gasteiger partial charge in [-0.25, -0.2) is 0 Å². The van der Waals surface area contributed by atoms with Gasteiger partial charge in [0.1, 0.15) is 0 Å². The predicted octanol–water partition coefficient (Wildman–Crippen LogP) is 4.72. The second kappa shape index (κ2) is 8.03. The molecule has 2 aromatic carbocycles. The maximum Gasteiger partial charge on any atom is 0.255 e. The smallest absolute Gasteiger partial charge is 0.255 e. The van der Waals surface area contributed by atoms with E-state index in [-0.39, 0.29) is 5.91 Å². The van der Waals surface area contributed by atoms with Crippen molar-refractivity contribution < 1.29 is 4.79 Å². The maximum absolute atomic E-state index is 12.6. The van der Waals surface area contributed by atoms with E-state index in [1.165, 1.54) is 0 Å². The zero-order chi connectivity index (χ0) is 22.1. The molecule has 1 N–H and O–H groups in total. The molecule has 32 heavy (non-hydrogen) atoms. The highest BCUT2D eigenvalue weighted by Crippen LogP contribution is 2.23. The molecule has 3 aromatic heterocycles. The minimum absolute atomic E-state index is 0.129. The van der Waals surface area contributed by atoms with E-state index in [9.17, 15) is 4.79 Å². The Morgan fingerprint density at radius 3 is 2.25 bits per heavy atom. The zero-order valence-corrected chi connectivity index (χ0v) is 17.6. The lowest BCUT2D eigenvalue weighted by atomic mass is 10.1. The van der Waals surface area contributed by atoms with Crippen LogP contribution in [-0.4, -0.2) is 30.7 Å². The van der Waals surface area contributed by atoms with Gasteiger partial charge < -0.3 is 5.32 Å². The van der Waals surface area contributed by atoms with Gasteiger partial charge in [0.05, 0.1) is 5.69 Å². The lowest BCUT2D eigenvalue weighted by Crippen LogP contribution is -2.12. The van der Waals surface area contributed by atoms with Crippen LogP contribution in [0.15, 0.2) is 79.1 Å². The zero-order valence-electron chi connectivity index (χ0n) is 17.6. The monoisotopic (exact) mass is 420 g/mol. The summed E-state index contributed by atoms with van der Waals surface area (Å²) in [6.07, 6.45) is 3.43. The fourth-order valence-corrected chi connectivity index (χ4v) is 3.66. The van der Waals surface area contributed by atoms with Crippen LogP contribution in [0, 0.1) is 13.8 Å². The first kappa shape index (κ1) is 19.6. The summed E-state index contributed by atoms with van der Waals surface area (Å²) in [5.74, 6) is 0.525. The molecule has 0 fully saturated rings. The van der Waals surface area contributed by atoms with Crippen molar-refractivity contribution in [1.82, 2.24) is 24.8 Å². The van der Waals surface area contributed by atoms with E-state index < -0.39 is 0 Å². The van der Waals surface area contributed by atoms with Crippen LogP contribution in [0.2, 0.25) is 0 Å². The fraction of sp³-hybridized carbons (Fsp3) is 0.0800. The predicted molar refractivity (Wildman–Crippen MR) is 123 cm³/mol. The maximum atomic E-state index is 12.6. The summed E-state index contributed by atoms with van der Waals surface area (Å²) < 4.78 is 1.72. The minimum Gasteiger partial charge on any atom is -0.322 e. The quantitative estimate of drug-likeness (QED) is 0.455. The molecule has 1 amide bonds. The van der Waals surface area contributed by atoms with Gasteiger partial charge in [0.2, 0.25) is 0 Å². The molecule has 0 radical (unpaired) electrons. The molecule has 5 aromatic rings. The lowest BCUT2D eigenvalue weighted by molar-refractivity contribution is 0.102. The van der Waals surface area contributed by atoms with Gasteiger partial charge in [-0.15, -0.1) is 10.2 Å². The van der Waals surface area contributed by atoms with Gasteiger partial charge >= 0.3 is 0 Å². The van der Waals surface area contributed by atoms with Crippen LogP contribution in [0.1, 0.15) is 21.5 Å². The molecule has 0 unspecified atom stereocenters. The summed E-state index contributed by atoms with van der Waals surface area (Å²) >= 11 is 0. The Morgan fingerprint density at radius 1 is 0.812 bits per heavy atom. The van der Waals surface area contributed by atoms with Crippen LogP contribution in [0.5, 0.6) is 0 Å². The third-order valence-electron chi connectivity index (χ3n) is 5.12. The molecule has 0 bridgehead atoms. The van der Waals surface area contributed by atoms with Crippen molar-refractivity contribution in [3.05, 3.63) is 95.8 Å². The number of amides is 1. The molecular weight excluding hydrogens is 400 g/mol. The number of fused-ring (bicyclic) bond motifs is 1. The van der Waals surface area contributed by atoms with Crippen molar-refractivity contribution in [2.24, 2.45) is 0 Å². The normalized spacial score (nSPS) is 10.9. The number of hydrogen-bond acceptors (Lipinski definition) is 5. The average molecular weight is 420 g/mol. The number of carbonyl (C=O) groups excluding carboxylic acids is 1. The molecule has 0 saturated heterocycles. The van der Waals surface area contributed by atoms with Crippen LogP contribution in [-0.2, 0) is 0 Å². The second-order valence-electron chi connectivity index (χ2n) is 7.66. The van der Waals surface area contributed by atoms with E-state index in [4.69, 9.17) is 5.10 Å². The van der Waals surface area contributed by atoms with Gasteiger partial charge in [0.25, 0.3) is 5.91 Å². The highest BCUT2D eigenvalue weighted by molar-refractivity contribution is 6.04. The molecule has 7 heteroatoms. The highest BCUT2D eigenvalue weighted by Gasteiger charge is 2.11. The topological polar surface area (TPSA) is 85.1 Å². The van der Waals surface area contributed by atoms with E-state index in [0.29, 0.717) is 17.0 Å². The number of aromatic nitrogens is 5. The Balaban J connectivity index is 1.40. The molecule has 5 rings (SSSR count). The van der Waals surface area contributed by atoms with Gasteiger partial charge in [-0.1, -0.05) is 29.3 Å². The SMILES string of the molecule is Cc1cc(C)cc(C(=O)Nc2ccc(-c3ccc4nnc(-c5ccncc5)n4n3)cc2)c1. The van der Waals surface area contributed by atoms with Crippen molar-refractivity contribution in [2.75, 3.05) is 5.32 Å². The van der Waals surface area contributed by atoms with E-state index in [0.717, 1.165) is 33.6 Å². The Labute approximate surface area is 184 Å². The molecule has 0 saturated carbocycles. The molecular formula is C25H20N6O. The summed E-state index contributed by atoms with van der Waals surface area (Å²) in [4.78, 5) is 16.7. The molecule has 3 heterocycles. The number of pyridine rings is 1. The summed E-state index contributed by atoms with van der Waals surface area (Å²) in [5.41, 5.74) is 6.75. The number of rotatable bonds is 4. The van der Waals surface area contributed by atoms with Crippen molar-refractivity contribution in [1.29, 1.82) is 0 Å². The number of anilines is 1. The van der Waals surface area contributed by atoms with Gasteiger partial charge in [-0.2, -0.15) is 9.61 Å². The molecule has 156 valence electrons. The van der Waals surface area contributed by atoms with Crippen LogP contribution < -0.4 is 5.32 Å². The number of nitrogens with zero attached hydrogens (tertiary/aromatic N) is 5. The Morgan fingerprint density at radius 2 is 1.53 bits per heavy atom. The first-order chi connectivity index (χ1) is 15.6. The van der Waals surface area contributed by atoms with E-state index in [1.807, 2.05) is 80.6 Å². The van der Waals surface area contributed by atoms with Gasteiger partial charge in [0, 0.05) is 34.8 Å². The summed E-state index contributed by atoms with van der Waals surface area (Å²) in [5, 5.41) is 16.1. The van der Waals surface area contributed by atoms with E-state index in [2.05, 4.69) is 20.5 Å². The van der Waals surface area contributed by atoms with Gasteiger partial charge in [-0.3, -0.25) is 9.78 Å². The standard InChI is InChI=1S/C25H20N6O/c1-16-13-17(2)15-20(14-16)25(32)27-21-5-3-18(4-6-21)22-7-8-23-28-29-24(31(23)30-22)19-9-11-26-12-10-19/h3-15H,1-2H3,(H,27,32). The third-order valence-corrected chi connectivity index (χ3v) is 5.12. The van der Waals surface area contributed by atoms with Crippen molar-refractivity contribution in [3.63, 3.8) is 0 Å². The van der Waals surface area contributed by atoms with E-state index >= 15 is 0 Å². The molecule has 0 spiro atoms. The fourth-order valence-electron chi connectivity index (χ4n) is 3.66. The summed E-state index contributed by atoms with van der Waals surface area (Å²) in [6.45, 7) is 3.97. The van der Waals surface area contributed by atoms with Gasteiger partial charge in [-0.05, 0) is 62.4 Å². The number of carbonyl (C=O) groups is 1. The van der Waals surface area contributed by atoms with Crippen molar-refractivity contribution in [2.45, 2.75) is 13.8 Å². The first-order valence-electron chi connectivity index (χ1n) is 10.2. The third kappa shape index (κ3) is 3.83. The molecule has 0 aliphatic heterocycles. The van der Waals surface area contributed by atoms with Crippen molar-refractivity contribution >= 4 is 17.2 Å². The van der Waals surface area contributed by atoms with Crippen LogP contribution >= 0.6 is 0 Å². The molecule has 7 nitrogen and oxygen atoms in total. The van der Waals surface area contributed by atoms with Gasteiger partial charge in [0.15, 0.2) is 11.5 Å². The van der Waals surface area contributed by atoms with Crippen LogP contribution in [0.3, 0.4) is 0 Å². The molecule has 0 aliphatic carbocycles. The summed E-state index contributed by atoms with van der Waals surface area (Å²) in [6, 6.07) is 21.0. The number of nitrogens with one attached hydrogen (secondary N) is 1. The number of aryl methyl sites for hydroxylation is 2. The minimum atomic E-state index is -0.129. The Bertz CT molecular complexity index is 1400. The largest absolute Gasteiger partial charge is 0.322 e. The lowest BCUT2D eigenvalue weighted by Gasteiger charge is -2.08. The average Bonchev–Trinajstić information content (AvgIpc) is 3.23. The molecule has 0 aliphatic rings. The van der Waals surface area contributed by atoms with Crippen LogP contribution in [0.25, 0.3) is 28.3 Å². The number of hydrogen-bond donors (Lipinski definition) is 1. The van der Waals surface area contributed by atoms with E-state index in [1.54, 1.807) is 16.9 Å². The second-order valence-corrected chi connectivity index (χ2v) is 7.66. The Kier molecular flexibility index (Phi) is 4.91.